The molecule has 1 aliphatic rings. The number of aromatic nitrogens is 1. The number of halogens is 3. The molecule has 1 N–H and O–H groups in total. The van der Waals surface area contributed by atoms with Gasteiger partial charge in [-0.3, -0.25) is 4.90 Å². The molecule has 1 aromatic carbocycles. The topological polar surface area (TPSA) is 53.4 Å². The fourth-order valence-electron chi connectivity index (χ4n) is 2.74. The largest absolute Gasteiger partial charge is 0.478 e. The first-order valence-corrected chi connectivity index (χ1v) is 7.80. The van der Waals surface area contributed by atoms with Gasteiger partial charge in [-0.1, -0.05) is 12.1 Å². The van der Waals surface area contributed by atoms with E-state index in [0.29, 0.717) is 48.6 Å². The number of carboxylic acid groups (broad SMARTS) is 1. The van der Waals surface area contributed by atoms with Crippen molar-refractivity contribution in [2.75, 3.05) is 6.54 Å². The van der Waals surface area contributed by atoms with Gasteiger partial charge in [0, 0.05) is 25.0 Å². The predicted octanol–water partition coefficient (Wildman–Crippen LogP) is 3.42. The van der Waals surface area contributed by atoms with Gasteiger partial charge in [0.25, 0.3) is 0 Å². The lowest BCUT2D eigenvalue weighted by atomic mass is 9.94. The van der Waals surface area contributed by atoms with Gasteiger partial charge in [-0.25, -0.2) is 9.78 Å². The van der Waals surface area contributed by atoms with E-state index in [2.05, 4.69) is 4.98 Å². The quantitative estimate of drug-likeness (QED) is 0.929. The number of thiazole rings is 1. The summed E-state index contributed by atoms with van der Waals surface area (Å²) < 4.78 is 37.7. The number of alkyl halides is 3. The van der Waals surface area contributed by atoms with E-state index in [1.807, 2.05) is 11.0 Å². The van der Waals surface area contributed by atoms with E-state index in [1.54, 1.807) is 12.1 Å². The zero-order chi connectivity index (χ0) is 16.6. The molecule has 4 nitrogen and oxygen atoms in total. The molecule has 8 heteroatoms. The Bertz CT molecular complexity index is 743. The number of hydrogen-bond donors (Lipinski definition) is 1. The molecule has 0 unspecified atom stereocenters. The van der Waals surface area contributed by atoms with Crippen LogP contribution in [-0.2, 0) is 25.7 Å². The van der Waals surface area contributed by atoms with E-state index in [4.69, 9.17) is 0 Å². The van der Waals surface area contributed by atoms with Gasteiger partial charge in [0.15, 0.2) is 5.01 Å². The van der Waals surface area contributed by atoms with Crippen molar-refractivity contribution in [1.82, 2.24) is 9.88 Å². The van der Waals surface area contributed by atoms with E-state index < -0.39 is 17.2 Å². The molecule has 0 fully saturated rings. The van der Waals surface area contributed by atoms with Crippen LogP contribution in [0.2, 0.25) is 0 Å². The Morgan fingerprint density at radius 3 is 2.83 bits per heavy atom. The third-order valence-electron chi connectivity index (χ3n) is 3.76. The van der Waals surface area contributed by atoms with Crippen LogP contribution in [0.15, 0.2) is 23.6 Å². The fraction of sp³-hybridized carbons (Fsp3) is 0.333. The third-order valence-corrected chi connectivity index (χ3v) is 4.69. The highest BCUT2D eigenvalue weighted by molar-refractivity contribution is 7.09. The Morgan fingerprint density at radius 2 is 2.17 bits per heavy atom. The molecule has 122 valence electrons. The molecule has 0 amide bonds. The zero-order valence-electron chi connectivity index (χ0n) is 11.9. The Hall–Kier alpha value is -1.93. The van der Waals surface area contributed by atoms with Crippen LogP contribution in [0.5, 0.6) is 0 Å². The minimum absolute atomic E-state index is 0.301. The molecule has 0 aliphatic carbocycles. The summed E-state index contributed by atoms with van der Waals surface area (Å²) in [6.45, 7) is 1.43. The summed E-state index contributed by atoms with van der Waals surface area (Å²) in [5, 5.41) is 9.78. The molecule has 1 aromatic heterocycles. The first-order valence-electron chi connectivity index (χ1n) is 6.92. The second-order valence-electron chi connectivity index (χ2n) is 5.35. The number of carboxylic acids is 1. The van der Waals surface area contributed by atoms with Gasteiger partial charge in [0.05, 0.1) is 11.3 Å². The van der Waals surface area contributed by atoms with Gasteiger partial charge >= 0.3 is 12.1 Å². The van der Waals surface area contributed by atoms with Crippen molar-refractivity contribution in [3.8, 4) is 0 Å². The van der Waals surface area contributed by atoms with Crippen LogP contribution in [0.25, 0.3) is 0 Å². The fourth-order valence-corrected chi connectivity index (χ4v) is 3.42. The second kappa shape index (κ2) is 5.93. The molecule has 0 radical (unpaired) electrons. The van der Waals surface area contributed by atoms with E-state index in [1.165, 1.54) is 5.38 Å². The van der Waals surface area contributed by atoms with Crippen molar-refractivity contribution in [3.63, 3.8) is 0 Å². The lowest BCUT2D eigenvalue weighted by Crippen LogP contribution is -2.31. The van der Waals surface area contributed by atoms with Crippen LogP contribution in [0.1, 0.15) is 32.2 Å². The summed E-state index contributed by atoms with van der Waals surface area (Å²) in [5.74, 6) is -0.954. The molecule has 0 atom stereocenters. The van der Waals surface area contributed by atoms with Crippen LogP contribution >= 0.6 is 11.3 Å². The first kappa shape index (κ1) is 15.9. The van der Waals surface area contributed by atoms with Gasteiger partial charge in [-0.15, -0.1) is 11.3 Å². The molecular formula is C15H13F3N2O2S. The minimum atomic E-state index is -4.41. The molecular weight excluding hydrogens is 329 g/mol. The number of rotatable bonds is 3. The summed E-state index contributed by atoms with van der Waals surface area (Å²) in [5.41, 5.74) is 2.41. The van der Waals surface area contributed by atoms with Gasteiger partial charge in [-0.2, -0.15) is 13.2 Å². The number of nitrogens with zero attached hydrogens (tertiary/aromatic N) is 2. The van der Waals surface area contributed by atoms with Crippen molar-refractivity contribution in [1.29, 1.82) is 0 Å². The van der Waals surface area contributed by atoms with E-state index >= 15 is 0 Å². The van der Waals surface area contributed by atoms with Gasteiger partial charge in [0.2, 0.25) is 0 Å². The molecule has 2 heterocycles. The highest BCUT2D eigenvalue weighted by Crippen LogP contribution is 2.32. The summed E-state index contributed by atoms with van der Waals surface area (Å²) in [6.07, 6.45) is -3.85. The summed E-state index contributed by atoms with van der Waals surface area (Å²) in [7, 11) is 0. The maximum Gasteiger partial charge on any atom is 0.443 e. The van der Waals surface area contributed by atoms with Crippen LogP contribution in [0, 0.1) is 0 Å². The maximum absolute atomic E-state index is 12.6. The number of carbonyl (C=O) groups is 1. The molecule has 0 saturated carbocycles. The van der Waals surface area contributed by atoms with Gasteiger partial charge in [0.1, 0.15) is 0 Å². The molecule has 3 rings (SSSR count). The second-order valence-corrected chi connectivity index (χ2v) is 6.21. The molecule has 0 spiro atoms. The zero-order valence-corrected chi connectivity index (χ0v) is 12.7. The first-order chi connectivity index (χ1) is 10.8. The Morgan fingerprint density at radius 1 is 1.39 bits per heavy atom. The number of hydrogen-bond acceptors (Lipinski definition) is 4. The normalized spacial score (nSPS) is 15.4. The number of aromatic carboxylic acids is 1. The van der Waals surface area contributed by atoms with Crippen molar-refractivity contribution in [3.05, 3.63) is 51.0 Å². The Labute approximate surface area is 134 Å². The monoisotopic (exact) mass is 342 g/mol. The van der Waals surface area contributed by atoms with E-state index in [9.17, 15) is 23.1 Å². The van der Waals surface area contributed by atoms with Gasteiger partial charge in [-0.05, 0) is 23.6 Å². The van der Waals surface area contributed by atoms with Crippen LogP contribution in [-0.4, -0.2) is 27.5 Å². The summed E-state index contributed by atoms with van der Waals surface area (Å²) in [6, 6.07) is 5.12. The average molecular weight is 342 g/mol. The smallest absolute Gasteiger partial charge is 0.443 e. The van der Waals surface area contributed by atoms with E-state index in [-0.39, 0.29) is 0 Å². The number of fused-ring (bicyclic) bond motifs is 1. The van der Waals surface area contributed by atoms with Crippen molar-refractivity contribution in [2.24, 2.45) is 0 Å². The highest BCUT2D eigenvalue weighted by atomic mass is 32.1. The minimum Gasteiger partial charge on any atom is -0.478 e. The van der Waals surface area contributed by atoms with Crippen molar-refractivity contribution in [2.45, 2.75) is 25.7 Å². The summed E-state index contributed by atoms with van der Waals surface area (Å²) in [4.78, 5) is 16.8. The SMILES string of the molecule is O=C(O)c1cccc2c1CCN(Cc1csc(C(F)(F)F)n1)C2. The lowest BCUT2D eigenvalue weighted by Gasteiger charge is -2.28. The van der Waals surface area contributed by atoms with Crippen LogP contribution < -0.4 is 0 Å². The van der Waals surface area contributed by atoms with Crippen molar-refractivity contribution < 1.29 is 23.1 Å². The molecule has 0 saturated heterocycles. The molecule has 1 aliphatic heterocycles. The Kier molecular flexibility index (Phi) is 4.11. The maximum atomic E-state index is 12.6. The predicted molar refractivity (Wildman–Crippen MR) is 78.3 cm³/mol. The lowest BCUT2D eigenvalue weighted by molar-refractivity contribution is -0.137. The van der Waals surface area contributed by atoms with Crippen LogP contribution in [0.3, 0.4) is 0 Å². The van der Waals surface area contributed by atoms with Crippen molar-refractivity contribution >= 4 is 17.3 Å². The van der Waals surface area contributed by atoms with E-state index in [0.717, 1.165) is 11.1 Å². The Balaban J connectivity index is 1.74. The molecule has 23 heavy (non-hydrogen) atoms. The average Bonchev–Trinajstić information content (AvgIpc) is 2.95. The highest BCUT2D eigenvalue weighted by Gasteiger charge is 2.34. The van der Waals surface area contributed by atoms with Crippen LogP contribution in [0.4, 0.5) is 13.2 Å². The summed E-state index contributed by atoms with van der Waals surface area (Å²) >= 11 is 0.597. The van der Waals surface area contributed by atoms with Gasteiger partial charge < -0.3 is 5.11 Å². The molecule has 0 bridgehead atoms. The standard InChI is InChI=1S/C15H13F3N2O2S/c16-15(17,18)14-19-10(8-23-14)7-20-5-4-11-9(6-20)2-1-3-12(11)13(21)22/h1-3,8H,4-7H2,(H,21,22). The molecule has 2 aromatic rings. The third kappa shape index (κ3) is 3.37. The number of benzene rings is 1.